The van der Waals surface area contributed by atoms with Gasteiger partial charge in [-0.2, -0.15) is 0 Å². The molecule has 0 aromatic carbocycles. The third-order valence-corrected chi connectivity index (χ3v) is 3.53. The average Bonchev–Trinajstić information content (AvgIpc) is 2.86. The molecule has 14 heavy (non-hydrogen) atoms. The van der Waals surface area contributed by atoms with Crippen LogP contribution in [0, 0.1) is 0 Å². The molecule has 0 N–H and O–H groups in total. The van der Waals surface area contributed by atoms with Crippen LogP contribution in [0.4, 0.5) is 0 Å². The van der Waals surface area contributed by atoms with Gasteiger partial charge in [0.05, 0.1) is 0 Å². The van der Waals surface area contributed by atoms with Gasteiger partial charge in [-0.1, -0.05) is 6.08 Å². The van der Waals surface area contributed by atoms with Crippen molar-refractivity contribution >= 4 is 0 Å². The lowest BCUT2D eigenvalue weighted by Gasteiger charge is -2.28. The topological polar surface area (TPSA) is 6.48 Å². The van der Waals surface area contributed by atoms with Gasteiger partial charge < -0.3 is 4.90 Å². The van der Waals surface area contributed by atoms with Crippen molar-refractivity contribution in [2.75, 3.05) is 32.7 Å². The minimum absolute atomic E-state index is 0.607. The Labute approximate surface area is 87.6 Å². The summed E-state index contributed by atoms with van der Waals surface area (Å²) in [6.45, 7) is 10.4. The minimum Gasteiger partial charge on any atom is -0.301 e. The van der Waals surface area contributed by atoms with E-state index in [2.05, 4.69) is 22.5 Å². The predicted octanol–water partition coefficient (Wildman–Crippen LogP) is 1.73. The van der Waals surface area contributed by atoms with Gasteiger partial charge >= 0.3 is 0 Å². The molecule has 0 amide bonds. The van der Waals surface area contributed by atoms with Crippen molar-refractivity contribution in [2.45, 2.75) is 31.7 Å². The summed E-state index contributed by atoms with van der Waals surface area (Å²) in [7, 11) is 0. The Morgan fingerprint density at radius 1 is 1.00 bits per heavy atom. The zero-order valence-electron chi connectivity index (χ0n) is 9.12. The maximum atomic E-state index is 3.98. The van der Waals surface area contributed by atoms with Crippen LogP contribution in [0.2, 0.25) is 0 Å². The van der Waals surface area contributed by atoms with Crippen molar-refractivity contribution in [2.24, 2.45) is 0 Å². The number of nitrogens with zero attached hydrogens (tertiary/aromatic N) is 2. The van der Waals surface area contributed by atoms with Gasteiger partial charge in [-0.3, -0.25) is 4.90 Å². The Hall–Kier alpha value is -0.340. The second-order valence-corrected chi connectivity index (χ2v) is 4.55. The maximum Gasteiger partial charge on any atom is 0.0403 e. The van der Waals surface area contributed by atoms with Gasteiger partial charge in [0.25, 0.3) is 0 Å². The lowest BCUT2D eigenvalue weighted by Crippen LogP contribution is -2.40. The zero-order chi connectivity index (χ0) is 9.80. The normalized spacial score (nSPS) is 26.9. The molecule has 2 aliphatic heterocycles. The van der Waals surface area contributed by atoms with Gasteiger partial charge in [-0.05, 0) is 51.9 Å². The van der Waals surface area contributed by atoms with Crippen LogP contribution in [0.3, 0.4) is 0 Å². The quantitative estimate of drug-likeness (QED) is 0.629. The smallest absolute Gasteiger partial charge is 0.0403 e. The Morgan fingerprint density at radius 3 is 2.14 bits per heavy atom. The molecule has 0 aliphatic carbocycles. The van der Waals surface area contributed by atoms with Gasteiger partial charge in [-0.25, -0.2) is 0 Å². The fourth-order valence-corrected chi connectivity index (χ4v) is 2.64. The molecule has 1 unspecified atom stereocenters. The molecule has 2 saturated heterocycles. The van der Waals surface area contributed by atoms with Gasteiger partial charge in [0.2, 0.25) is 0 Å². The highest BCUT2D eigenvalue weighted by molar-refractivity contribution is 4.92. The Balaban J connectivity index is 1.82. The van der Waals surface area contributed by atoms with Crippen LogP contribution >= 0.6 is 0 Å². The number of likely N-dealkylation sites (tertiary alicyclic amines) is 2. The fraction of sp³-hybridized carbons (Fsp3) is 0.833. The molecule has 0 saturated carbocycles. The largest absolute Gasteiger partial charge is 0.301 e. The van der Waals surface area contributed by atoms with Gasteiger partial charge in [0.15, 0.2) is 0 Å². The molecule has 2 aliphatic rings. The van der Waals surface area contributed by atoms with Crippen molar-refractivity contribution in [1.82, 2.24) is 9.80 Å². The maximum absolute atomic E-state index is 3.98. The van der Waals surface area contributed by atoms with Crippen LogP contribution in [0.15, 0.2) is 12.7 Å². The fourth-order valence-electron chi connectivity index (χ4n) is 2.64. The van der Waals surface area contributed by atoms with Crippen LogP contribution in [-0.4, -0.2) is 48.6 Å². The van der Waals surface area contributed by atoms with E-state index in [4.69, 9.17) is 0 Å². The first-order valence-corrected chi connectivity index (χ1v) is 5.99. The third kappa shape index (κ3) is 2.37. The third-order valence-electron chi connectivity index (χ3n) is 3.53. The molecule has 0 spiro atoms. The summed E-state index contributed by atoms with van der Waals surface area (Å²) in [6.07, 6.45) is 7.69. The van der Waals surface area contributed by atoms with E-state index in [1.165, 1.54) is 58.4 Å². The van der Waals surface area contributed by atoms with Crippen LogP contribution < -0.4 is 0 Å². The van der Waals surface area contributed by atoms with Crippen molar-refractivity contribution in [3.8, 4) is 0 Å². The molecule has 0 aromatic heterocycles. The number of hydrogen-bond acceptors (Lipinski definition) is 2. The molecule has 2 heteroatoms. The molecule has 0 bridgehead atoms. The van der Waals surface area contributed by atoms with Crippen LogP contribution in [0.25, 0.3) is 0 Å². The van der Waals surface area contributed by atoms with E-state index in [-0.39, 0.29) is 0 Å². The zero-order valence-corrected chi connectivity index (χ0v) is 9.12. The monoisotopic (exact) mass is 194 g/mol. The van der Waals surface area contributed by atoms with Crippen LogP contribution in [0.5, 0.6) is 0 Å². The molecule has 80 valence electrons. The number of hydrogen-bond donors (Lipinski definition) is 0. The molecule has 1 atom stereocenters. The summed E-state index contributed by atoms with van der Waals surface area (Å²) in [5, 5.41) is 0. The standard InChI is InChI=1S/C12H22N2/c1-2-12(14-9-5-6-10-14)11-13-7-3-4-8-13/h2,12H,1,3-11H2. The minimum atomic E-state index is 0.607. The highest BCUT2D eigenvalue weighted by Gasteiger charge is 2.22. The molecular weight excluding hydrogens is 172 g/mol. The van der Waals surface area contributed by atoms with E-state index in [1.807, 2.05) is 0 Å². The summed E-state index contributed by atoms with van der Waals surface area (Å²) < 4.78 is 0. The Kier molecular flexibility index (Phi) is 3.60. The van der Waals surface area contributed by atoms with Gasteiger partial charge in [0, 0.05) is 12.6 Å². The Bertz CT molecular complexity index is 179. The average molecular weight is 194 g/mol. The second-order valence-electron chi connectivity index (χ2n) is 4.55. The summed E-state index contributed by atoms with van der Waals surface area (Å²) in [6, 6.07) is 0.607. The summed E-state index contributed by atoms with van der Waals surface area (Å²) in [4.78, 5) is 5.18. The molecule has 2 heterocycles. The van der Waals surface area contributed by atoms with Crippen LogP contribution in [0.1, 0.15) is 25.7 Å². The number of rotatable bonds is 4. The van der Waals surface area contributed by atoms with Crippen LogP contribution in [-0.2, 0) is 0 Å². The lowest BCUT2D eigenvalue weighted by atomic mass is 10.2. The molecular formula is C12H22N2. The van der Waals surface area contributed by atoms with Gasteiger partial charge in [0.1, 0.15) is 0 Å². The van der Waals surface area contributed by atoms with Crippen molar-refractivity contribution in [3.05, 3.63) is 12.7 Å². The SMILES string of the molecule is C=CC(CN1CCCC1)N1CCCC1. The molecule has 2 nitrogen and oxygen atoms in total. The van der Waals surface area contributed by atoms with E-state index in [1.54, 1.807) is 0 Å². The van der Waals surface area contributed by atoms with E-state index < -0.39 is 0 Å². The highest BCUT2D eigenvalue weighted by atomic mass is 15.2. The first kappa shape index (κ1) is 10.2. The van der Waals surface area contributed by atoms with Crippen molar-refractivity contribution in [3.63, 3.8) is 0 Å². The molecule has 0 radical (unpaired) electrons. The summed E-state index contributed by atoms with van der Waals surface area (Å²) in [5.74, 6) is 0. The van der Waals surface area contributed by atoms with Crippen molar-refractivity contribution < 1.29 is 0 Å². The highest BCUT2D eigenvalue weighted by Crippen LogP contribution is 2.15. The van der Waals surface area contributed by atoms with Crippen molar-refractivity contribution in [1.29, 1.82) is 0 Å². The second kappa shape index (κ2) is 4.94. The van der Waals surface area contributed by atoms with E-state index >= 15 is 0 Å². The van der Waals surface area contributed by atoms with Gasteiger partial charge in [-0.15, -0.1) is 6.58 Å². The lowest BCUT2D eigenvalue weighted by molar-refractivity contribution is 0.211. The summed E-state index contributed by atoms with van der Waals surface area (Å²) >= 11 is 0. The van der Waals surface area contributed by atoms with E-state index in [9.17, 15) is 0 Å². The first-order chi connectivity index (χ1) is 6.90. The predicted molar refractivity (Wildman–Crippen MR) is 60.5 cm³/mol. The van der Waals surface area contributed by atoms with E-state index in [0.29, 0.717) is 6.04 Å². The molecule has 2 rings (SSSR count). The molecule has 0 aromatic rings. The summed E-state index contributed by atoms with van der Waals surface area (Å²) in [5.41, 5.74) is 0. The first-order valence-electron chi connectivity index (χ1n) is 5.99. The Morgan fingerprint density at radius 2 is 1.57 bits per heavy atom. The van der Waals surface area contributed by atoms with E-state index in [0.717, 1.165) is 0 Å². The molecule has 2 fully saturated rings.